The molecular weight excluding hydrogens is 404 g/mol. The number of carbonyl (C=O) groups excluding carboxylic acids is 1. The van der Waals surface area contributed by atoms with Crippen molar-refractivity contribution in [1.29, 1.82) is 0 Å². The molecule has 4 aromatic rings. The maximum Gasteiger partial charge on any atom is 0.255 e. The number of nitrogens with one attached hydrogen (secondary N) is 1. The van der Waals surface area contributed by atoms with Crippen LogP contribution in [0.1, 0.15) is 15.9 Å². The molecule has 1 aromatic heterocycles. The van der Waals surface area contributed by atoms with Crippen molar-refractivity contribution < 1.29 is 13.2 Å². The summed E-state index contributed by atoms with van der Waals surface area (Å²) in [5.41, 5.74) is 4.24. The number of sulfonamides is 1. The van der Waals surface area contributed by atoms with Crippen molar-refractivity contribution in [2.45, 2.75) is 11.8 Å². The van der Waals surface area contributed by atoms with Gasteiger partial charge in [0.2, 0.25) is 10.0 Å². The minimum atomic E-state index is -3.77. The van der Waals surface area contributed by atoms with Crippen LogP contribution in [0.15, 0.2) is 77.0 Å². The highest BCUT2D eigenvalue weighted by atomic mass is 32.2. The largest absolute Gasteiger partial charge is 0.322 e. The van der Waals surface area contributed by atoms with Crippen LogP contribution in [0.25, 0.3) is 21.2 Å². The van der Waals surface area contributed by atoms with Crippen LogP contribution in [0.2, 0.25) is 0 Å². The van der Waals surface area contributed by atoms with Gasteiger partial charge in [0.15, 0.2) is 0 Å². The van der Waals surface area contributed by atoms with E-state index in [4.69, 9.17) is 5.14 Å². The fourth-order valence-electron chi connectivity index (χ4n) is 3.11. The molecule has 5 nitrogen and oxygen atoms in total. The van der Waals surface area contributed by atoms with E-state index < -0.39 is 10.0 Å². The lowest BCUT2D eigenvalue weighted by atomic mass is 9.98. The molecule has 0 aliphatic carbocycles. The second kappa shape index (κ2) is 7.44. The number of thiophene rings is 1. The van der Waals surface area contributed by atoms with Gasteiger partial charge in [-0.25, -0.2) is 13.6 Å². The molecule has 146 valence electrons. The van der Waals surface area contributed by atoms with E-state index in [0.29, 0.717) is 11.3 Å². The number of fused-ring (bicyclic) bond motifs is 1. The number of benzene rings is 3. The van der Waals surface area contributed by atoms with Crippen LogP contribution in [0, 0.1) is 6.92 Å². The van der Waals surface area contributed by atoms with Crippen molar-refractivity contribution in [1.82, 2.24) is 0 Å². The average molecular weight is 423 g/mol. The maximum atomic E-state index is 12.8. The van der Waals surface area contributed by atoms with Crippen LogP contribution in [0.5, 0.6) is 0 Å². The van der Waals surface area contributed by atoms with Crippen LogP contribution in [-0.2, 0) is 10.0 Å². The molecule has 29 heavy (non-hydrogen) atoms. The summed E-state index contributed by atoms with van der Waals surface area (Å²) in [6.45, 7) is 2.04. The summed E-state index contributed by atoms with van der Waals surface area (Å²) < 4.78 is 23.8. The number of primary sulfonamides is 1. The van der Waals surface area contributed by atoms with E-state index in [1.165, 1.54) is 29.8 Å². The molecule has 0 spiro atoms. The van der Waals surface area contributed by atoms with E-state index in [2.05, 4.69) is 23.5 Å². The highest BCUT2D eigenvalue weighted by molar-refractivity contribution is 7.89. The number of carbonyl (C=O) groups is 1. The summed E-state index contributed by atoms with van der Waals surface area (Å²) in [4.78, 5) is 12.8. The van der Waals surface area contributed by atoms with E-state index in [1.807, 2.05) is 36.6 Å². The maximum absolute atomic E-state index is 12.8. The number of hydrogen-bond donors (Lipinski definition) is 2. The van der Waals surface area contributed by atoms with Gasteiger partial charge in [0.05, 0.1) is 4.90 Å². The molecule has 0 aliphatic rings. The third-order valence-electron chi connectivity index (χ3n) is 4.64. The van der Waals surface area contributed by atoms with Gasteiger partial charge in [0.1, 0.15) is 0 Å². The van der Waals surface area contributed by atoms with Crippen molar-refractivity contribution in [2.75, 3.05) is 5.32 Å². The Hall–Kier alpha value is -3.00. The molecule has 0 unspecified atom stereocenters. The van der Waals surface area contributed by atoms with Crippen LogP contribution >= 0.6 is 11.3 Å². The zero-order valence-electron chi connectivity index (χ0n) is 15.5. The first-order valence-electron chi connectivity index (χ1n) is 8.84. The topological polar surface area (TPSA) is 89.3 Å². The number of aryl methyl sites for hydroxylation is 1. The van der Waals surface area contributed by atoms with E-state index in [9.17, 15) is 13.2 Å². The highest BCUT2D eigenvalue weighted by Crippen LogP contribution is 2.33. The molecule has 0 atom stereocenters. The number of rotatable bonds is 4. The Labute approximate surface area is 172 Å². The summed E-state index contributed by atoms with van der Waals surface area (Å²) in [5, 5.41) is 11.0. The number of hydrogen-bond acceptors (Lipinski definition) is 4. The lowest BCUT2D eigenvalue weighted by Gasteiger charge is -2.10. The normalized spacial score (nSPS) is 11.5. The minimum Gasteiger partial charge on any atom is -0.322 e. The first kappa shape index (κ1) is 19.3. The average Bonchev–Trinajstić information content (AvgIpc) is 3.16. The molecule has 3 N–H and O–H groups in total. The Balaban J connectivity index is 1.68. The molecule has 0 fully saturated rings. The van der Waals surface area contributed by atoms with Gasteiger partial charge in [0.25, 0.3) is 5.91 Å². The summed E-state index contributed by atoms with van der Waals surface area (Å²) in [5.74, 6) is -0.267. The molecule has 1 amide bonds. The van der Waals surface area contributed by atoms with Crippen molar-refractivity contribution in [3.05, 3.63) is 83.2 Å². The molecule has 0 saturated heterocycles. The first-order chi connectivity index (χ1) is 13.8. The third-order valence-corrected chi connectivity index (χ3v) is 6.43. The van der Waals surface area contributed by atoms with Gasteiger partial charge in [-0.2, -0.15) is 0 Å². The Bertz CT molecular complexity index is 1310. The molecule has 3 aromatic carbocycles. The summed E-state index contributed by atoms with van der Waals surface area (Å²) in [6, 6.07) is 19.8. The summed E-state index contributed by atoms with van der Waals surface area (Å²) in [7, 11) is -3.77. The van der Waals surface area contributed by atoms with Gasteiger partial charge < -0.3 is 5.32 Å². The SMILES string of the molecule is Cc1ccc(-c2cc(C(=O)Nc3ccc(S(N)(=O)=O)cc3)cc3sccc23)cc1. The minimum absolute atomic E-state index is 0.00263. The quantitative estimate of drug-likeness (QED) is 0.496. The third kappa shape index (κ3) is 4.07. The van der Waals surface area contributed by atoms with Gasteiger partial charge in [-0.15, -0.1) is 11.3 Å². The van der Waals surface area contributed by atoms with E-state index >= 15 is 0 Å². The van der Waals surface area contributed by atoms with Gasteiger partial charge in [0, 0.05) is 21.3 Å². The van der Waals surface area contributed by atoms with Gasteiger partial charge in [-0.05, 0) is 65.9 Å². The molecule has 0 radical (unpaired) electrons. The van der Waals surface area contributed by atoms with Crippen LogP contribution in [0.4, 0.5) is 5.69 Å². The summed E-state index contributed by atoms with van der Waals surface area (Å²) in [6.07, 6.45) is 0. The van der Waals surface area contributed by atoms with Crippen LogP contribution in [-0.4, -0.2) is 14.3 Å². The van der Waals surface area contributed by atoms with Crippen molar-refractivity contribution >= 4 is 43.0 Å². The smallest absolute Gasteiger partial charge is 0.255 e. The lowest BCUT2D eigenvalue weighted by Crippen LogP contribution is -2.14. The molecule has 0 bridgehead atoms. The Morgan fingerprint density at radius 2 is 1.66 bits per heavy atom. The standard InChI is InChI=1S/C22H18N2O3S2/c1-14-2-4-15(5-3-14)20-12-16(13-21-19(20)10-11-28-21)22(25)24-17-6-8-18(9-7-17)29(23,26)27/h2-13H,1H3,(H,24,25)(H2,23,26,27). The monoisotopic (exact) mass is 422 g/mol. The second-order valence-electron chi connectivity index (χ2n) is 6.75. The number of anilines is 1. The fourth-order valence-corrected chi connectivity index (χ4v) is 4.47. The lowest BCUT2D eigenvalue weighted by molar-refractivity contribution is 0.102. The zero-order chi connectivity index (χ0) is 20.6. The van der Waals surface area contributed by atoms with Gasteiger partial charge >= 0.3 is 0 Å². The predicted octanol–water partition coefficient (Wildman–Crippen LogP) is 4.78. The zero-order valence-corrected chi connectivity index (χ0v) is 17.2. The fraction of sp³-hybridized carbons (Fsp3) is 0.0455. The first-order valence-corrected chi connectivity index (χ1v) is 11.3. The van der Waals surface area contributed by atoms with Crippen molar-refractivity contribution in [3.8, 4) is 11.1 Å². The molecular formula is C22H18N2O3S2. The van der Waals surface area contributed by atoms with Gasteiger partial charge in [-0.3, -0.25) is 4.79 Å². The van der Waals surface area contributed by atoms with E-state index in [0.717, 1.165) is 21.2 Å². The molecule has 7 heteroatoms. The van der Waals surface area contributed by atoms with E-state index in [1.54, 1.807) is 11.3 Å². The summed E-state index contributed by atoms with van der Waals surface area (Å²) >= 11 is 1.58. The molecule has 0 aliphatic heterocycles. The highest BCUT2D eigenvalue weighted by Gasteiger charge is 2.14. The van der Waals surface area contributed by atoms with Gasteiger partial charge in [-0.1, -0.05) is 29.8 Å². The molecule has 4 rings (SSSR count). The predicted molar refractivity (Wildman–Crippen MR) is 118 cm³/mol. The van der Waals surface area contributed by atoms with Crippen LogP contribution < -0.4 is 10.5 Å². The Morgan fingerprint density at radius 3 is 2.31 bits per heavy atom. The van der Waals surface area contributed by atoms with Crippen molar-refractivity contribution in [3.63, 3.8) is 0 Å². The molecule has 0 saturated carbocycles. The second-order valence-corrected chi connectivity index (χ2v) is 9.25. The Morgan fingerprint density at radius 1 is 0.966 bits per heavy atom. The van der Waals surface area contributed by atoms with Crippen molar-refractivity contribution in [2.24, 2.45) is 5.14 Å². The number of amides is 1. The molecule has 1 heterocycles. The Kier molecular flexibility index (Phi) is 4.96. The van der Waals surface area contributed by atoms with Crippen LogP contribution in [0.3, 0.4) is 0 Å². The number of nitrogens with two attached hydrogens (primary N) is 1. The van der Waals surface area contributed by atoms with E-state index in [-0.39, 0.29) is 10.8 Å².